The number of hydrogen-bond acceptors (Lipinski definition) is 4. The molecule has 1 amide bonds. The summed E-state index contributed by atoms with van der Waals surface area (Å²) in [5.74, 6) is -2.46. The molecular formula is C31H30F2N2O5. The molecule has 4 aromatic rings. The number of para-hydroxylation sites is 1. The molecule has 1 aromatic heterocycles. The maximum Gasteiger partial charge on any atom is 0.305 e. The molecule has 9 heteroatoms. The van der Waals surface area contributed by atoms with E-state index in [4.69, 9.17) is 5.11 Å². The zero-order valence-corrected chi connectivity index (χ0v) is 21.8. The maximum atomic E-state index is 13.9. The molecule has 0 spiro atoms. The molecular weight excluding hydrogens is 518 g/mol. The largest absolute Gasteiger partial charge is 0.481 e. The highest BCUT2D eigenvalue weighted by molar-refractivity contribution is 6.11. The third-order valence-corrected chi connectivity index (χ3v) is 6.70. The van der Waals surface area contributed by atoms with Gasteiger partial charge in [-0.3, -0.25) is 9.59 Å². The average molecular weight is 549 g/mol. The second-order valence-electron chi connectivity index (χ2n) is 9.62. The van der Waals surface area contributed by atoms with Crippen LogP contribution in [0.2, 0.25) is 0 Å². The van der Waals surface area contributed by atoms with Crippen LogP contribution in [0.4, 0.5) is 14.5 Å². The first-order chi connectivity index (χ1) is 19.1. The molecule has 3 aromatic carbocycles. The van der Waals surface area contributed by atoms with Gasteiger partial charge in [-0.25, -0.2) is 8.78 Å². The van der Waals surface area contributed by atoms with E-state index in [1.54, 1.807) is 60.1 Å². The number of carboxylic acids is 1. The molecule has 2 atom stereocenters. The van der Waals surface area contributed by atoms with Crippen LogP contribution in [-0.4, -0.2) is 44.0 Å². The van der Waals surface area contributed by atoms with Gasteiger partial charge in [0.2, 0.25) is 0 Å². The summed E-state index contributed by atoms with van der Waals surface area (Å²) >= 11 is 0. The Morgan fingerprint density at radius 2 is 1.38 bits per heavy atom. The number of benzene rings is 3. The molecule has 0 fully saturated rings. The zero-order chi connectivity index (χ0) is 28.8. The number of carboxylic acid groups (broad SMARTS) is 1. The van der Waals surface area contributed by atoms with Crippen molar-refractivity contribution in [3.05, 3.63) is 102 Å². The first-order valence-corrected chi connectivity index (χ1v) is 12.8. The van der Waals surface area contributed by atoms with Gasteiger partial charge in [0.05, 0.1) is 18.6 Å². The van der Waals surface area contributed by atoms with Crippen molar-refractivity contribution in [2.24, 2.45) is 7.05 Å². The zero-order valence-electron chi connectivity index (χ0n) is 21.8. The molecule has 7 nitrogen and oxygen atoms in total. The van der Waals surface area contributed by atoms with Crippen LogP contribution in [-0.2, 0) is 18.3 Å². The number of nitrogens with zero attached hydrogens (tertiary/aromatic N) is 1. The highest BCUT2D eigenvalue weighted by Crippen LogP contribution is 2.41. The average Bonchev–Trinajstić information content (AvgIpc) is 3.20. The van der Waals surface area contributed by atoms with Crippen molar-refractivity contribution in [1.29, 1.82) is 0 Å². The van der Waals surface area contributed by atoms with Crippen molar-refractivity contribution >= 4 is 17.6 Å². The molecule has 1 heterocycles. The Bertz CT molecular complexity index is 1470. The third-order valence-electron chi connectivity index (χ3n) is 6.70. The molecule has 0 unspecified atom stereocenters. The van der Waals surface area contributed by atoms with Crippen LogP contribution in [0.3, 0.4) is 0 Å². The van der Waals surface area contributed by atoms with Crippen molar-refractivity contribution in [3.63, 3.8) is 0 Å². The molecule has 0 saturated carbocycles. The number of nitrogens with one attached hydrogen (secondary N) is 1. The van der Waals surface area contributed by atoms with Crippen molar-refractivity contribution in [2.45, 2.75) is 37.9 Å². The van der Waals surface area contributed by atoms with Gasteiger partial charge in [0.1, 0.15) is 17.3 Å². The Hall–Kier alpha value is -4.34. The fraction of sp³-hybridized carbons (Fsp3) is 0.226. The van der Waals surface area contributed by atoms with E-state index in [-0.39, 0.29) is 25.0 Å². The standard InChI is InChI=1S/C31H30F2N2O5/c1-35-26(16-15-24(36)17-25(37)18-27(38)39)28(19-7-11-21(32)12-8-19)29(20-9-13-22(33)14-10-20)30(35)31(40)34-23-5-3-2-4-6-23/h2-14,24-25,36-37H,15-18H2,1H3,(H,34,40)(H,38,39)/t24-,25-/m1/s1. The van der Waals surface area contributed by atoms with Crippen LogP contribution in [0, 0.1) is 11.6 Å². The summed E-state index contributed by atoms with van der Waals surface area (Å²) in [4.78, 5) is 24.6. The summed E-state index contributed by atoms with van der Waals surface area (Å²) in [6.07, 6.45) is -2.43. The number of aliphatic hydroxyl groups excluding tert-OH is 2. The number of rotatable bonds is 11. The Kier molecular flexibility index (Phi) is 9.08. The van der Waals surface area contributed by atoms with E-state index >= 15 is 0 Å². The number of carbonyl (C=O) groups excluding carboxylic acids is 1. The third kappa shape index (κ3) is 6.80. The van der Waals surface area contributed by atoms with E-state index in [0.29, 0.717) is 33.6 Å². The van der Waals surface area contributed by atoms with E-state index in [9.17, 15) is 28.6 Å². The molecule has 0 radical (unpaired) electrons. The lowest BCUT2D eigenvalue weighted by molar-refractivity contribution is -0.139. The highest BCUT2D eigenvalue weighted by Gasteiger charge is 2.28. The van der Waals surface area contributed by atoms with E-state index < -0.39 is 42.1 Å². The lowest BCUT2D eigenvalue weighted by atomic mass is 9.92. The van der Waals surface area contributed by atoms with Crippen molar-refractivity contribution in [2.75, 3.05) is 5.32 Å². The van der Waals surface area contributed by atoms with Crippen molar-refractivity contribution in [3.8, 4) is 22.3 Å². The molecule has 40 heavy (non-hydrogen) atoms. The van der Waals surface area contributed by atoms with Gasteiger partial charge in [-0.2, -0.15) is 0 Å². The second kappa shape index (κ2) is 12.7. The minimum absolute atomic E-state index is 0.130. The molecule has 0 aliphatic heterocycles. The number of amides is 1. The number of halogens is 2. The number of hydrogen-bond donors (Lipinski definition) is 4. The number of aliphatic carboxylic acids is 1. The van der Waals surface area contributed by atoms with E-state index in [2.05, 4.69) is 5.32 Å². The fourth-order valence-corrected chi connectivity index (χ4v) is 4.85. The molecule has 0 bridgehead atoms. The van der Waals surface area contributed by atoms with Gasteiger partial charge in [-0.15, -0.1) is 0 Å². The van der Waals surface area contributed by atoms with Gasteiger partial charge in [0, 0.05) is 29.6 Å². The predicted octanol–water partition coefficient (Wildman–Crippen LogP) is 5.41. The minimum Gasteiger partial charge on any atom is -0.481 e. The Morgan fingerprint density at radius 1 is 0.825 bits per heavy atom. The van der Waals surface area contributed by atoms with Gasteiger partial charge in [-0.05, 0) is 66.8 Å². The number of anilines is 1. The van der Waals surface area contributed by atoms with Gasteiger partial charge in [0.25, 0.3) is 5.91 Å². The molecule has 0 aliphatic carbocycles. The summed E-state index contributed by atoms with van der Waals surface area (Å²) in [5.41, 5.74) is 3.82. The number of aromatic nitrogens is 1. The topological polar surface area (TPSA) is 112 Å². The fourth-order valence-electron chi connectivity index (χ4n) is 4.85. The highest BCUT2D eigenvalue weighted by atomic mass is 19.1. The van der Waals surface area contributed by atoms with E-state index in [1.165, 1.54) is 24.3 Å². The van der Waals surface area contributed by atoms with E-state index in [0.717, 1.165) is 0 Å². The first-order valence-electron chi connectivity index (χ1n) is 12.8. The monoisotopic (exact) mass is 548 g/mol. The molecule has 4 N–H and O–H groups in total. The lowest BCUT2D eigenvalue weighted by Crippen LogP contribution is -2.21. The van der Waals surface area contributed by atoms with Crippen molar-refractivity contribution in [1.82, 2.24) is 4.57 Å². The van der Waals surface area contributed by atoms with Gasteiger partial charge >= 0.3 is 5.97 Å². The smallest absolute Gasteiger partial charge is 0.305 e. The van der Waals surface area contributed by atoms with Crippen LogP contribution in [0.25, 0.3) is 22.3 Å². The van der Waals surface area contributed by atoms with Crippen LogP contribution in [0.1, 0.15) is 35.4 Å². The second-order valence-corrected chi connectivity index (χ2v) is 9.62. The van der Waals surface area contributed by atoms with Crippen LogP contribution >= 0.6 is 0 Å². The van der Waals surface area contributed by atoms with Gasteiger partial charge in [0.15, 0.2) is 0 Å². The van der Waals surface area contributed by atoms with Gasteiger partial charge in [-0.1, -0.05) is 42.5 Å². The minimum atomic E-state index is -1.21. The Morgan fingerprint density at radius 3 is 1.93 bits per heavy atom. The summed E-state index contributed by atoms with van der Waals surface area (Å²) in [5, 5.41) is 32.4. The van der Waals surface area contributed by atoms with Crippen LogP contribution in [0.15, 0.2) is 78.9 Å². The summed E-state index contributed by atoms with van der Waals surface area (Å²) in [6, 6.07) is 20.4. The number of carbonyl (C=O) groups is 2. The summed E-state index contributed by atoms with van der Waals surface area (Å²) in [7, 11) is 1.71. The molecule has 0 aliphatic rings. The van der Waals surface area contributed by atoms with Gasteiger partial charge < -0.3 is 25.2 Å². The quantitative estimate of drug-likeness (QED) is 0.200. The maximum absolute atomic E-state index is 13.9. The normalized spacial score (nSPS) is 12.6. The molecule has 208 valence electrons. The first kappa shape index (κ1) is 28.7. The van der Waals surface area contributed by atoms with Crippen molar-refractivity contribution < 1.29 is 33.7 Å². The number of aliphatic hydroxyl groups is 2. The van der Waals surface area contributed by atoms with Crippen LogP contribution in [0.5, 0.6) is 0 Å². The predicted molar refractivity (Wildman–Crippen MR) is 148 cm³/mol. The Balaban J connectivity index is 1.83. The molecule has 0 saturated heterocycles. The van der Waals surface area contributed by atoms with Crippen LogP contribution < -0.4 is 5.32 Å². The Labute approximate surface area is 230 Å². The van der Waals surface area contributed by atoms with E-state index in [1.807, 2.05) is 6.07 Å². The SMILES string of the molecule is Cn1c(CC[C@@H](O)C[C@@H](O)CC(=O)O)c(-c2ccc(F)cc2)c(-c2ccc(F)cc2)c1C(=O)Nc1ccccc1. The summed E-state index contributed by atoms with van der Waals surface area (Å²) in [6.45, 7) is 0. The molecule has 4 rings (SSSR count). The lowest BCUT2D eigenvalue weighted by Gasteiger charge is -2.16. The summed E-state index contributed by atoms with van der Waals surface area (Å²) < 4.78 is 29.5.